The topological polar surface area (TPSA) is 54.3 Å². The molecule has 1 fully saturated rings. The monoisotopic (exact) mass is 312 g/mol. The molecule has 1 saturated carbocycles. The summed E-state index contributed by atoms with van der Waals surface area (Å²) < 4.78 is 0.880. The van der Waals surface area contributed by atoms with Crippen LogP contribution < -0.4 is 10.9 Å². The largest absolute Gasteiger partial charge is 0.425 e. The van der Waals surface area contributed by atoms with Crippen molar-refractivity contribution in [3.63, 3.8) is 0 Å². The summed E-state index contributed by atoms with van der Waals surface area (Å²) in [4.78, 5) is 12.5. The molecule has 4 heteroatoms. The fourth-order valence-corrected chi connectivity index (χ4v) is 3.43. The quantitative estimate of drug-likeness (QED) is 0.837. The van der Waals surface area contributed by atoms with Crippen LogP contribution in [0.4, 0.5) is 5.69 Å². The first-order valence-electron chi connectivity index (χ1n) is 8.40. The van der Waals surface area contributed by atoms with Gasteiger partial charge in [-0.15, -0.1) is 0 Å². The Balaban J connectivity index is 1.84. The van der Waals surface area contributed by atoms with Crippen molar-refractivity contribution in [2.45, 2.75) is 51.5 Å². The van der Waals surface area contributed by atoms with Crippen LogP contribution in [0.2, 0.25) is 0 Å². The normalized spacial score (nSPS) is 15.5. The summed E-state index contributed by atoms with van der Waals surface area (Å²) in [7, 11) is 0. The van der Waals surface area contributed by atoms with Gasteiger partial charge in [-0.3, -0.25) is 4.79 Å². The maximum absolute atomic E-state index is 12.5. The Morgan fingerprint density at radius 1 is 1.17 bits per heavy atom. The standard InChI is InChI=1S/C19H24N2O2/c1-14-12-18(15-8-4-2-5-9-15)21(23)19(22)17(14)13-20-16-10-6-3-7-11-16/h3,6-7,10-12,15,20,23H,2,4-5,8-9,13H2,1H3. The van der Waals surface area contributed by atoms with Crippen molar-refractivity contribution in [1.29, 1.82) is 0 Å². The fraction of sp³-hybridized carbons (Fsp3) is 0.421. The third-order valence-corrected chi connectivity index (χ3v) is 4.80. The lowest BCUT2D eigenvalue weighted by atomic mass is 9.86. The number of hydrogen-bond acceptors (Lipinski definition) is 3. The highest BCUT2D eigenvalue weighted by Crippen LogP contribution is 2.32. The molecule has 0 unspecified atom stereocenters. The molecule has 2 aromatic rings. The molecule has 1 aliphatic rings. The molecule has 1 aliphatic carbocycles. The number of aryl methyl sites for hydroxylation is 1. The maximum atomic E-state index is 12.5. The second kappa shape index (κ2) is 6.90. The van der Waals surface area contributed by atoms with Crippen molar-refractivity contribution in [2.24, 2.45) is 0 Å². The van der Waals surface area contributed by atoms with Gasteiger partial charge in [0, 0.05) is 23.7 Å². The number of anilines is 1. The van der Waals surface area contributed by atoms with Crippen molar-refractivity contribution in [3.05, 3.63) is 63.6 Å². The summed E-state index contributed by atoms with van der Waals surface area (Å²) >= 11 is 0. The first-order valence-corrected chi connectivity index (χ1v) is 8.40. The third kappa shape index (κ3) is 3.41. The average Bonchev–Trinajstić information content (AvgIpc) is 2.60. The van der Waals surface area contributed by atoms with Crippen LogP contribution in [0.5, 0.6) is 0 Å². The predicted octanol–water partition coefficient (Wildman–Crippen LogP) is 4.05. The van der Waals surface area contributed by atoms with E-state index in [-0.39, 0.29) is 5.56 Å². The van der Waals surface area contributed by atoms with Crippen LogP contribution in [0, 0.1) is 6.92 Å². The molecule has 0 atom stereocenters. The van der Waals surface area contributed by atoms with Gasteiger partial charge in [-0.2, -0.15) is 4.73 Å². The van der Waals surface area contributed by atoms with Gasteiger partial charge < -0.3 is 10.5 Å². The highest BCUT2D eigenvalue weighted by molar-refractivity contribution is 5.43. The molecule has 0 spiro atoms. The Hall–Kier alpha value is -2.23. The van der Waals surface area contributed by atoms with Crippen LogP contribution in [0.3, 0.4) is 0 Å². The van der Waals surface area contributed by atoms with E-state index in [1.54, 1.807) is 0 Å². The van der Waals surface area contributed by atoms with E-state index in [1.165, 1.54) is 19.3 Å². The zero-order valence-corrected chi connectivity index (χ0v) is 13.6. The number of rotatable bonds is 4. The molecule has 0 saturated heterocycles. The van der Waals surface area contributed by atoms with Crippen LogP contribution in [0.15, 0.2) is 41.2 Å². The fourth-order valence-electron chi connectivity index (χ4n) is 3.43. The molecule has 0 bridgehead atoms. The molecule has 3 rings (SSSR count). The van der Waals surface area contributed by atoms with Crippen molar-refractivity contribution in [2.75, 3.05) is 5.32 Å². The lowest BCUT2D eigenvalue weighted by molar-refractivity contribution is 0.155. The molecule has 1 aromatic heterocycles. The first-order chi connectivity index (χ1) is 11.2. The molecule has 4 nitrogen and oxygen atoms in total. The van der Waals surface area contributed by atoms with E-state index in [0.717, 1.165) is 34.5 Å². The smallest absolute Gasteiger partial charge is 0.288 e. The highest BCUT2D eigenvalue weighted by Gasteiger charge is 2.21. The third-order valence-electron chi connectivity index (χ3n) is 4.80. The van der Waals surface area contributed by atoms with Crippen molar-refractivity contribution >= 4 is 5.69 Å². The number of nitrogens with zero attached hydrogens (tertiary/aromatic N) is 1. The summed E-state index contributed by atoms with van der Waals surface area (Å²) in [6, 6.07) is 11.8. The van der Waals surface area contributed by atoms with Gasteiger partial charge in [0.25, 0.3) is 5.56 Å². The van der Waals surface area contributed by atoms with Crippen LogP contribution in [-0.4, -0.2) is 9.94 Å². The molecule has 0 aliphatic heterocycles. The number of para-hydroxylation sites is 1. The SMILES string of the molecule is Cc1cc(C2CCCCC2)n(O)c(=O)c1CNc1ccccc1. The summed E-state index contributed by atoms with van der Waals surface area (Å²) in [6.07, 6.45) is 5.72. The molecule has 23 heavy (non-hydrogen) atoms. The van der Waals surface area contributed by atoms with Gasteiger partial charge in [-0.1, -0.05) is 37.5 Å². The predicted molar refractivity (Wildman–Crippen MR) is 92.2 cm³/mol. The van der Waals surface area contributed by atoms with Gasteiger partial charge in [-0.25, -0.2) is 0 Å². The average molecular weight is 312 g/mol. The van der Waals surface area contributed by atoms with Crippen LogP contribution >= 0.6 is 0 Å². The van der Waals surface area contributed by atoms with Crippen LogP contribution in [0.1, 0.15) is 54.8 Å². The number of benzene rings is 1. The second-order valence-corrected chi connectivity index (χ2v) is 6.40. The van der Waals surface area contributed by atoms with Gasteiger partial charge in [0.2, 0.25) is 0 Å². The lowest BCUT2D eigenvalue weighted by Crippen LogP contribution is -2.29. The summed E-state index contributed by atoms with van der Waals surface area (Å²) in [6.45, 7) is 2.37. The summed E-state index contributed by atoms with van der Waals surface area (Å²) in [5.41, 5.74) is 3.01. The second-order valence-electron chi connectivity index (χ2n) is 6.40. The van der Waals surface area contributed by atoms with Crippen LogP contribution in [0.25, 0.3) is 0 Å². The van der Waals surface area contributed by atoms with Gasteiger partial charge in [-0.05, 0) is 43.5 Å². The molecule has 0 amide bonds. The van der Waals surface area contributed by atoms with E-state index < -0.39 is 0 Å². The minimum atomic E-state index is -0.297. The lowest BCUT2D eigenvalue weighted by Gasteiger charge is -2.24. The van der Waals surface area contributed by atoms with Crippen LogP contribution in [-0.2, 0) is 6.54 Å². The Kier molecular flexibility index (Phi) is 4.70. The Labute approximate surface area is 136 Å². The minimum absolute atomic E-state index is 0.297. The number of hydrogen-bond donors (Lipinski definition) is 2. The van der Waals surface area contributed by atoms with Gasteiger partial charge in [0.15, 0.2) is 0 Å². The van der Waals surface area contributed by atoms with E-state index in [1.807, 2.05) is 43.3 Å². The number of nitrogens with one attached hydrogen (secondary N) is 1. The molecular weight excluding hydrogens is 288 g/mol. The number of pyridine rings is 1. The first kappa shape index (κ1) is 15.7. The zero-order valence-electron chi connectivity index (χ0n) is 13.6. The van der Waals surface area contributed by atoms with E-state index in [9.17, 15) is 10.0 Å². The Morgan fingerprint density at radius 2 is 1.87 bits per heavy atom. The van der Waals surface area contributed by atoms with E-state index in [2.05, 4.69) is 5.32 Å². The summed E-state index contributed by atoms with van der Waals surface area (Å²) in [5.74, 6) is 0.302. The van der Waals surface area contributed by atoms with Crippen molar-refractivity contribution < 1.29 is 5.21 Å². The van der Waals surface area contributed by atoms with Gasteiger partial charge >= 0.3 is 0 Å². The van der Waals surface area contributed by atoms with E-state index in [4.69, 9.17) is 0 Å². The maximum Gasteiger partial charge on any atom is 0.288 e. The van der Waals surface area contributed by atoms with Crippen molar-refractivity contribution in [1.82, 2.24) is 4.73 Å². The molecule has 122 valence electrons. The van der Waals surface area contributed by atoms with Gasteiger partial charge in [0.1, 0.15) is 0 Å². The Morgan fingerprint density at radius 3 is 2.57 bits per heavy atom. The van der Waals surface area contributed by atoms with E-state index >= 15 is 0 Å². The van der Waals surface area contributed by atoms with E-state index in [0.29, 0.717) is 18.0 Å². The molecule has 0 radical (unpaired) electrons. The molecule has 2 N–H and O–H groups in total. The number of aromatic nitrogens is 1. The Bertz CT molecular complexity index is 716. The molecule has 1 aromatic carbocycles. The molecule has 1 heterocycles. The molecular formula is C19H24N2O2. The van der Waals surface area contributed by atoms with Gasteiger partial charge in [0.05, 0.1) is 5.69 Å². The van der Waals surface area contributed by atoms with Crippen molar-refractivity contribution in [3.8, 4) is 0 Å². The highest BCUT2D eigenvalue weighted by atomic mass is 16.5. The zero-order chi connectivity index (χ0) is 16.2. The minimum Gasteiger partial charge on any atom is -0.425 e. The summed E-state index contributed by atoms with van der Waals surface area (Å²) in [5, 5.41) is 13.6.